The number of hydrogen-bond acceptors (Lipinski definition) is 5. The van der Waals surface area contributed by atoms with Crippen LogP contribution in [-0.2, 0) is 10.3 Å². The minimum atomic E-state index is -0.380. The first-order chi connectivity index (χ1) is 7.15. The van der Waals surface area contributed by atoms with Crippen LogP contribution in [0, 0.1) is 0 Å². The van der Waals surface area contributed by atoms with Crippen molar-refractivity contribution in [1.29, 1.82) is 0 Å². The number of rotatable bonds is 3. The Morgan fingerprint density at radius 3 is 2.62 bits per heavy atom. The van der Waals surface area contributed by atoms with Gasteiger partial charge in [0.2, 0.25) is 0 Å². The predicted octanol–water partition coefficient (Wildman–Crippen LogP) is 1.93. The SMILES string of the molecule is COC(C)c1nc(C2(N)CCCC2)no1.Cl. The van der Waals surface area contributed by atoms with Gasteiger partial charge in [0.25, 0.3) is 5.89 Å². The zero-order chi connectivity index (χ0) is 10.9. The molecule has 0 aromatic carbocycles. The third-order valence-corrected chi connectivity index (χ3v) is 3.08. The lowest BCUT2D eigenvalue weighted by molar-refractivity contribution is 0.0886. The van der Waals surface area contributed by atoms with Gasteiger partial charge in [-0.15, -0.1) is 12.4 Å². The average Bonchev–Trinajstić information content (AvgIpc) is 2.85. The summed E-state index contributed by atoms with van der Waals surface area (Å²) >= 11 is 0. The molecule has 0 bridgehead atoms. The van der Waals surface area contributed by atoms with Gasteiger partial charge in [-0.2, -0.15) is 4.98 Å². The Balaban J connectivity index is 0.00000128. The number of methoxy groups -OCH3 is 1. The van der Waals surface area contributed by atoms with Gasteiger partial charge in [0.1, 0.15) is 6.10 Å². The number of ether oxygens (including phenoxy) is 1. The summed E-state index contributed by atoms with van der Waals surface area (Å²) in [4.78, 5) is 4.31. The fourth-order valence-corrected chi connectivity index (χ4v) is 1.93. The molecule has 0 aliphatic heterocycles. The third kappa shape index (κ3) is 2.36. The molecule has 0 amide bonds. The normalized spacial score (nSPS) is 20.4. The summed E-state index contributed by atoms with van der Waals surface area (Å²) in [5, 5.41) is 3.95. The molecule has 1 aromatic rings. The van der Waals surface area contributed by atoms with Crippen LogP contribution in [0.15, 0.2) is 4.52 Å². The summed E-state index contributed by atoms with van der Waals surface area (Å²) in [6.07, 6.45) is 3.98. The Morgan fingerprint density at radius 2 is 2.06 bits per heavy atom. The van der Waals surface area contributed by atoms with Gasteiger partial charge in [-0.3, -0.25) is 0 Å². The highest BCUT2D eigenvalue weighted by molar-refractivity contribution is 5.85. The Morgan fingerprint density at radius 1 is 1.44 bits per heavy atom. The minimum Gasteiger partial charge on any atom is -0.372 e. The third-order valence-electron chi connectivity index (χ3n) is 3.08. The summed E-state index contributed by atoms with van der Waals surface area (Å²) in [5.41, 5.74) is 5.83. The molecule has 5 nitrogen and oxygen atoms in total. The first-order valence-electron chi connectivity index (χ1n) is 5.31. The minimum absolute atomic E-state index is 0. The van der Waals surface area contributed by atoms with Crippen LogP contribution in [-0.4, -0.2) is 17.3 Å². The van der Waals surface area contributed by atoms with Crippen molar-refractivity contribution < 1.29 is 9.26 Å². The van der Waals surface area contributed by atoms with Crippen LogP contribution < -0.4 is 5.73 Å². The highest BCUT2D eigenvalue weighted by Crippen LogP contribution is 2.34. The average molecular weight is 248 g/mol. The van der Waals surface area contributed by atoms with E-state index in [2.05, 4.69) is 10.1 Å². The van der Waals surface area contributed by atoms with Crippen molar-refractivity contribution in [2.45, 2.75) is 44.2 Å². The molecule has 1 aliphatic carbocycles. The Bertz CT molecular complexity index is 337. The predicted molar refractivity (Wildman–Crippen MR) is 61.3 cm³/mol. The first kappa shape index (κ1) is 13.4. The van der Waals surface area contributed by atoms with Crippen LogP contribution in [0.4, 0.5) is 0 Å². The number of hydrogen-bond donors (Lipinski definition) is 1. The van der Waals surface area contributed by atoms with Crippen LogP contribution in [0.1, 0.15) is 50.4 Å². The Hall–Kier alpha value is -0.650. The topological polar surface area (TPSA) is 74.2 Å². The van der Waals surface area contributed by atoms with Gasteiger partial charge in [-0.05, 0) is 19.8 Å². The molecule has 1 saturated carbocycles. The summed E-state index contributed by atoms with van der Waals surface area (Å²) in [6.45, 7) is 1.87. The van der Waals surface area contributed by atoms with E-state index >= 15 is 0 Å². The molecule has 0 radical (unpaired) electrons. The van der Waals surface area contributed by atoms with Crippen molar-refractivity contribution in [2.75, 3.05) is 7.11 Å². The second-order valence-corrected chi connectivity index (χ2v) is 4.20. The molecule has 92 valence electrons. The zero-order valence-corrected chi connectivity index (χ0v) is 10.4. The van der Waals surface area contributed by atoms with E-state index in [1.807, 2.05) is 6.92 Å². The maximum absolute atomic E-state index is 6.21. The van der Waals surface area contributed by atoms with Crippen molar-refractivity contribution in [2.24, 2.45) is 5.73 Å². The summed E-state index contributed by atoms with van der Waals surface area (Å²) < 4.78 is 10.2. The standard InChI is InChI=1S/C10H17N3O2.ClH/c1-7(14-2)8-12-9(13-15-8)10(11)5-3-4-6-10;/h7H,3-6,11H2,1-2H3;1H. The maximum atomic E-state index is 6.21. The monoisotopic (exact) mass is 247 g/mol. The first-order valence-corrected chi connectivity index (χ1v) is 5.31. The smallest absolute Gasteiger partial charge is 0.255 e. The lowest BCUT2D eigenvalue weighted by Crippen LogP contribution is -2.34. The van der Waals surface area contributed by atoms with E-state index < -0.39 is 0 Å². The number of aromatic nitrogens is 2. The highest BCUT2D eigenvalue weighted by Gasteiger charge is 2.36. The van der Waals surface area contributed by atoms with Gasteiger partial charge in [0, 0.05) is 7.11 Å². The second kappa shape index (κ2) is 5.12. The summed E-state index contributed by atoms with van der Waals surface area (Å²) in [7, 11) is 1.61. The summed E-state index contributed by atoms with van der Waals surface area (Å²) in [5.74, 6) is 1.13. The molecule has 1 aromatic heterocycles. The van der Waals surface area contributed by atoms with E-state index in [9.17, 15) is 0 Å². The lowest BCUT2D eigenvalue weighted by Gasteiger charge is -2.17. The van der Waals surface area contributed by atoms with Crippen molar-refractivity contribution in [3.05, 3.63) is 11.7 Å². The molecular formula is C10H18ClN3O2. The number of halogens is 1. The number of nitrogens with two attached hydrogens (primary N) is 1. The van der Waals surface area contributed by atoms with Gasteiger partial charge in [-0.1, -0.05) is 18.0 Å². The van der Waals surface area contributed by atoms with Crippen molar-refractivity contribution in [1.82, 2.24) is 10.1 Å². The van der Waals surface area contributed by atoms with E-state index in [0.717, 1.165) is 25.7 Å². The van der Waals surface area contributed by atoms with Crippen molar-refractivity contribution in [3.8, 4) is 0 Å². The maximum Gasteiger partial charge on any atom is 0.255 e. The van der Waals surface area contributed by atoms with Gasteiger partial charge < -0.3 is 15.0 Å². The highest BCUT2D eigenvalue weighted by atomic mass is 35.5. The number of nitrogens with zero attached hydrogens (tertiary/aromatic N) is 2. The van der Waals surface area contributed by atoms with E-state index in [1.54, 1.807) is 7.11 Å². The van der Waals surface area contributed by atoms with Crippen molar-refractivity contribution in [3.63, 3.8) is 0 Å². The van der Waals surface area contributed by atoms with Gasteiger partial charge in [0.05, 0.1) is 5.54 Å². The molecule has 16 heavy (non-hydrogen) atoms. The lowest BCUT2D eigenvalue weighted by atomic mass is 9.99. The molecule has 6 heteroatoms. The molecule has 1 unspecified atom stereocenters. The fourth-order valence-electron chi connectivity index (χ4n) is 1.93. The molecule has 2 rings (SSSR count). The fraction of sp³-hybridized carbons (Fsp3) is 0.800. The molecular weight excluding hydrogens is 230 g/mol. The van der Waals surface area contributed by atoms with Gasteiger partial charge >= 0.3 is 0 Å². The van der Waals surface area contributed by atoms with E-state index in [-0.39, 0.29) is 24.0 Å². The molecule has 0 spiro atoms. The largest absolute Gasteiger partial charge is 0.372 e. The van der Waals surface area contributed by atoms with Crippen LogP contribution in [0.3, 0.4) is 0 Å². The van der Waals surface area contributed by atoms with E-state index in [0.29, 0.717) is 11.7 Å². The van der Waals surface area contributed by atoms with Crippen LogP contribution >= 0.6 is 12.4 Å². The summed E-state index contributed by atoms with van der Waals surface area (Å²) in [6, 6.07) is 0. The zero-order valence-electron chi connectivity index (χ0n) is 9.60. The molecule has 2 N–H and O–H groups in total. The molecule has 1 heterocycles. The van der Waals surface area contributed by atoms with E-state index in [4.69, 9.17) is 15.0 Å². The van der Waals surface area contributed by atoms with Crippen LogP contribution in [0.2, 0.25) is 0 Å². The van der Waals surface area contributed by atoms with Crippen LogP contribution in [0.5, 0.6) is 0 Å². The molecule has 1 fully saturated rings. The Kier molecular flexibility index (Phi) is 4.29. The Labute approximate surface area is 101 Å². The van der Waals surface area contributed by atoms with Crippen molar-refractivity contribution >= 4 is 12.4 Å². The molecule has 0 saturated heterocycles. The van der Waals surface area contributed by atoms with Gasteiger partial charge in [0.15, 0.2) is 5.82 Å². The van der Waals surface area contributed by atoms with Crippen LogP contribution in [0.25, 0.3) is 0 Å². The molecule has 1 atom stereocenters. The molecule has 1 aliphatic rings. The van der Waals surface area contributed by atoms with E-state index in [1.165, 1.54) is 0 Å². The van der Waals surface area contributed by atoms with Gasteiger partial charge in [-0.25, -0.2) is 0 Å². The second-order valence-electron chi connectivity index (χ2n) is 4.20. The quantitative estimate of drug-likeness (QED) is 0.883.